The van der Waals surface area contributed by atoms with Crippen LogP contribution in [-0.2, 0) is 4.79 Å². The summed E-state index contributed by atoms with van der Waals surface area (Å²) in [6.45, 7) is 5.07. The maximum Gasteiger partial charge on any atom is 0.270 e. The molecule has 2 rings (SSSR count). The molecule has 1 amide bonds. The lowest BCUT2D eigenvalue weighted by Gasteiger charge is -2.33. The Bertz CT molecular complexity index is 601. The Morgan fingerprint density at radius 2 is 2.29 bits per heavy atom. The largest absolute Gasteiger partial charge is 0.353 e. The summed E-state index contributed by atoms with van der Waals surface area (Å²) in [7, 11) is 0. The minimum absolute atomic E-state index is 0.0215. The molecule has 0 aromatic heterocycles. The van der Waals surface area contributed by atoms with E-state index in [0.29, 0.717) is 18.2 Å². The van der Waals surface area contributed by atoms with Crippen LogP contribution in [0.4, 0.5) is 5.69 Å². The lowest BCUT2D eigenvalue weighted by Crippen LogP contribution is -2.39. The summed E-state index contributed by atoms with van der Waals surface area (Å²) < 4.78 is 0. The van der Waals surface area contributed by atoms with Crippen LogP contribution in [0.5, 0.6) is 0 Å². The standard InChI is InChI=1S/C18H25N3O3/c1-15-6-2-3-12-20(15)13-5-11-19-18(22)10-9-16-7-4-8-17(14-16)21(23)24/h4,7-10,14-15H,2-3,5-6,11-13H2,1H3,(H,19,22)/b10-9+/t15-/m0/s1. The summed E-state index contributed by atoms with van der Waals surface area (Å²) in [5.74, 6) is -0.173. The van der Waals surface area contributed by atoms with Crippen molar-refractivity contribution in [3.05, 3.63) is 46.0 Å². The van der Waals surface area contributed by atoms with Gasteiger partial charge in [0.15, 0.2) is 0 Å². The third-order valence-electron chi connectivity index (χ3n) is 4.37. The highest BCUT2D eigenvalue weighted by Crippen LogP contribution is 2.16. The fourth-order valence-corrected chi connectivity index (χ4v) is 2.96. The van der Waals surface area contributed by atoms with Gasteiger partial charge in [-0.1, -0.05) is 18.6 Å². The molecule has 0 aliphatic carbocycles. The summed E-state index contributed by atoms with van der Waals surface area (Å²) in [4.78, 5) is 24.6. The van der Waals surface area contributed by atoms with E-state index in [-0.39, 0.29) is 11.6 Å². The fraction of sp³-hybridized carbons (Fsp3) is 0.500. The van der Waals surface area contributed by atoms with E-state index in [1.54, 1.807) is 18.2 Å². The first kappa shape index (κ1) is 18.1. The Labute approximate surface area is 142 Å². The van der Waals surface area contributed by atoms with Crippen molar-refractivity contribution in [3.63, 3.8) is 0 Å². The Balaban J connectivity index is 1.71. The average molecular weight is 331 g/mol. The Morgan fingerprint density at radius 3 is 3.04 bits per heavy atom. The molecule has 1 atom stereocenters. The molecule has 24 heavy (non-hydrogen) atoms. The van der Waals surface area contributed by atoms with Crippen LogP contribution in [0, 0.1) is 10.1 Å². The molecular formula is C18H25N3O3. The van der Waals surface area contributed by atoms with Crippen molar-refractivity contribution in [2.45, 2.75) is 38.6 Å². The fourth-order valence-electron chi connectivity index (χ4n) is 2.96. The van der Waals surface area contributed by atoms with E-state index in [4.69, 9.17) is 0 Å². The summed E-state index contributed by atoms with van der Waals surface area (Å²) in [6, 6.07) is 6.85. The van der Waals surface area contributed by atoms with Gasteiger partial charge in [0.25, 0.3) is 5.69 Å². The molecule has 1 N–H and O–H groups in total. The van der Waals surface area contributed by atoms with Gasteiger partial charge in [-0.3, -0.25) is 14.9 Å². The molecule has 0 saturated carbocycles. The molecule has 0 radical (unpaired) electrons. The van der Waals surface area contributed by atoms with Gasteiger partial charge in [-0.2, -0.15) is 0 Å². The summed E-state index contributed by atoms with van der Waals surface area (Å²) >= 11 is 0. The zero-order valence-electron chi connectivity index (χ0n) is 14.1. The van der Waals surface area contributed by atoms with Crippen molar-refractivity contribution in [2.24, 2.45) is 0 Å². The first-order valence-corrected chi connectivity index (χ1v) is 8.50. The van der Waals surface area contributed by atoms with Crippen LogP contribution in [-0.4, -0.2) is 41.4 Å². The number of rotatable bonds is 7. The highest BCUT2D eigenvalue weighted by molar-refractivity contribution is 5.91. The minimum atomic E-state index is -0.445. The van der Waals surface area contributed by atoms with Crippen LogP contribution < -0.4 is 5.32 Å². The molecule has 1 aromatic rings. The molecule has 130 valence electrons. The number of nitro benzene ring substituents is 1. The van der Waals surface area contributed by atoms with Crippen molar-refractivity contribution in [2.75, 3.05) is 19.6 Å². The topological polar surface area (TPSA) is 75.5 Å². The van der Waals surface area contributed by atoms with E-state index in [1.807, 2.05) is 0 Å². The second-order valence-electron chi connectivity index (χ2n) is 6.21. The number of nitrogens with zero attached hydrogens (tertiary/aromatic N) is 2. The molecule has 1 aromatic carbocycles. The highest BCUT2D eigenvalue weighted by Gasteiger charge is 2.17. The molecule has 0 spiro atoms. The van der Waals surface area contributed by atoms with Gasteiger partial charge in [0.05, 0.1) is 4.92 Å². The first-order chi connectivity index (χ1) is 11.6. The lowest BCUT2D eigenvalue weighted by molar-refractivity contribution is -0.384. The van der Waals surface area contributed by atoms with Crippen LogP contribution in [0.2, 0.25) is 0 Å². The molecule has 1 heterocycles. The van der Waals surface area contributed by atoms with Crippen LogP contribution in [0.3, 0.4) is 0 Å². The van der Waals surface area contributed by atoms with Gasteiger partial charge >= 0.3 is 0 Å². The lowest BCUT2D eigenvalue weighted by atomic mass is 10.0. The minimum Gasteiger partial charge on any atom is -0.353 e. The van der Waals surface area contributed by atoms with Crippen molar-refractivity contribution in [1.82, 2.24) is 10.2 Å². The Hall–Kier alpha value is -2.21. The number of amides is 1. The van der Waals surface area contributed by atoms with Crippen molar-refractivity contribution in [3.8, 4) is 0 Å². The molecule has 1 fully saturated rings. The van der Waals surface area contributed by atoms with E-state index in [9.17, 15) is 14.9 Å². The number of likely N-dealkylation sites (tertiary alicyclic amines) is 1. The van der Waals surface area contributed by atoms with Gasteiger partial charge < -0.3 is 10.2 Å². The molecule has 1 saturated heterocycles. The molecule has 0 bridgehead atoms. The molecule has 1 aliphatic heterocycles. The van der Waals surface area contributed by atoms with E-state index >= 15 is 0 Å². The van der Waals surface area contributed by atoms with E-state index in [2.05, 4.69) is 17.1 Å². The zero-order chi connectivity index (χ0) is 17.4. The zero-order valence-corrected chi connectivity index (χ0v) is 14.1. The van der Waals surface area contributed by atoms with Crippen molar-refractivity contribution >= 4 is 17.7 Å². The third kappa shape index (κ3) is 5.77. The Kier molecular flexibility index (Phi) is 6.93. The number of nitrogens with one attached hydrogen (secondary N) is 1. The summed E-state index contributed by atoms with van der Waals surface area (Å²) in [5, 5.41) is 13.6. The first-order valence-electron chi connectivity index (χ1n) is 8.50. The number of piperidine rings is 1. The smallest absolute Gasteiger partial charge is 0.270 e. The summed E-state index contributed by atoms with van der Waals surface area (Å²) in [5.41, 5.74) is 0.662. The predicted octanol–water partition coefficient (Wildman–Crippen LogP) is 2.99. The molecular weight excluding hydrogens is 306 g/mol. The van der Waals surface area contributed by atoms with Gasteiger partial charge in [-0.15, -0.1) is 0 Å². The van der Waals surface area contributed by atoms with Gasteiger partial charge in [0.1, 0.15) is 0 Å². The Morgan fingerprint density at radius 1 is 1.46 bits per heavy atom. The van der Waals surface area contributed by atoms with Gasteiger partial charge in [0, 0.05) is 37.3 Å². The van der Waals surface area contributed by atoms with Crippen molar-refractivity contribution < 1.29 is 9.72 Å². The highest BCUT2D eigenvalue weighted by atomic mass is 16.6. The second-order valence-corrected chi connectivity index (χ2v) is 6.21. The molecule has 1 aliphatic rings. The SMILES string of the molecule is C[C@H]1CCCCN1CCCNC(=O)/C=C/c1cccc([N+](=O)[O-])c1. The van der Waals surface area contributed by atoms with Crippen molar-refractivity contribution in [1.29, 1.82) is 0 Å². The third-order valence-corrected chi connectivity index (χ3v) is 4.37. The maximum absolute atomic E-state index is 11.8. The number of carbonyl (C=O) groups excluding carboxylic acids is 1. The van der Waals surface area contributed by atoms with Gasteiger partial charge in [-0.25, -0.2) is 0 Å². The number of non-ortho nitro benzene ring substituents is 1. The average Bonchev–Trinajstić information content (AvgIpc) is 2.58. The number of hydrogen-bond donors (Lipinski definition) is 1. The quantitative estimate of drug-likeness (QED) is 0.361. The van der Waals surface area contributed by atoms with E-state index in [0.717, 1.165) is 19.5 Å². The monoisotopic (exact) mass is 331 g/mol. The normalized spacial score (nSPS) is 18.6. The van der Waals surface area contributed by atoms with E-state index < -0.39 is 4.92 Å². The maximum atomic E-state index is 11.8. The van der Waals surface area contributed by atoms with Crippen LogP contribution >= 0.6 is 0 Å². The van der Waals surface area contributed by atoms with Crippen LogP contribution in [0.25, 0.3) is 6.08 Å². The molecule has 6 nitrogen and oxygen atoms in total. The molecule has 6 heteroatoms. The summed E-state index contributed by atoms with van der Waals surface area (Å²) in [6.07, 6.45) is 7.79. The van der Waals surface area contributed by atoms with Gasteiger partial charge in [0.2, 0.25) is 5.91 Å². The van der Waals surface area contributed by atoms with Gasteiger partial charge in [-0.05, 0) is 44.4 Å². The van der Waals surface area contributed by atoms with Crippen LogP contribution in [0.15, 0.2) is 30.3 Å². The predicted molar refractivity (Wildman–Crippen MR) is 94.6 cm³/mol. The number of carbonyl (C=O) groups is 1. The second kappa shape index (κ2) is 9.17. The van der Waals surface area contributed by atoms with E-state index in [1.165, 1.54) is 37.5 Å². The number of benzene rings is 1. The number of hydrogen-bond acceptors (Lipinski definition) is 4. The van der Waals surface area contributed by atoms with Crippen LogP contribution in [0.1, 0.15) is 38.2 Å². The number of nitro groups is 1. The molecule has 0 unspecified atom stereocenters.